The Morgan fingerprint density at radius 1 is 1.31 bits per heavy atom. The van der Waals surface area contributed by atoms with Crippen molar-refractivity contribution in [3.63, 3.8) is 0 Å². The fourth-order valence-corrected chi connectivity index (χ4v) is 2.24. The van der Waals surface area contributed by atoms with Crippen molar-refractivity contribution in [2.45, 2.75) is 6.54 Å². The summed E-state index contributed by atoms with van der Waals surface area (Å²) in [4.78, 5) is 4.31. The summed E-state index contributed by atoms with van der Waals surface area (Å²) in [6, 6.07) is 4.05. The third kappa shape index (κ3) is 1.65. The molecule has 0 aliphatic heterocycles. The molecule has 1 N–H and O–H groups in total. The molecule has 0 amide bonds. The van der Waals surface area contributed by atoms with Gasteiger partial charge in [-0.1, -0.05) is 0 Å². The summed E-state index contributed by atoms with van der Waals surface area (Å²) in [6.07, 6.45) is 5.36. The Kier molecular flexibility index (Phi) is 2.30. The van der Waals surface area contributed by atoms with Gasteiger partial charge in [0.05, 0.1) is 6.20 Å². The Bertz CT molecular complexity index is 585. The number of hydrogen-bond donors (Lipinski definition) is 1. The standard InChI is InChI=1S/C11H10N4S/c1-3-14-15-5-4-12-11(10(1)15)13-7-9-2-6-16-8-9/h1-6,8H,7H2,(H,12,13). The van der Waals surface area contributed by atoms with Crippen molar-refractivity contribution in [3.8, 4) is 0 Å². The smallest absolute Gasteiger partial charge is 0.152 e. The number of nitrogens with zero attached hydrogens (tertiary/aromatic N) is 3. The van der Waals surface area contributed by atoms with Gasteiger partial charge >= 0.3 is 0 Å². The molecule has 4 nitrogen and oxygen atoms in total. The highest BCUT2D eigenvalue weighted by Crippen LogP contribution is 2.14. The van der Waals surface area contributed by atoms with E-state index in [1.54, 1.807) is 23.7 Å². The van der Waals surface area contributed by atoms with Crippen LogP contribution < -0.4 is 5.32 Å². The van der Waals surface area contributed by atoms with Crippen molar-refractivity contribution < 1.29 is 0 Å². The maximum absolute atomic E-state index is 4.31. The van der Waals surface area contributed by atoms with Crippen molar-refractivity contribution >= 4 is 22.7 Å². The van der Waals surface area contributed by atoms with E-state index < -0.39 is 0 Å². The van der Waals surface area contributed by atoms with Crippen LogP contribution in [-0.4, -0.2) is 14.6 Å². The van der Waals surface area contributed by atoms with E-state index in [2.05, 4.69) is 32.2 Å². The molecule has 0 fully saturated rings. The maximum atomic E-state index is 4.31. The molecule has 0 spiro atoms. The Morgan fingerprint density at radius 2 is 2.31 bits per heavy atom. The number of rotatable bonds is 3. The van der Waals surface area contributed by atoms with Crippen LogP contribution in [0.4, 0.5) is 5.82 Å². The van der Waals surface area contributed by atoms with Gasteiger partial charge in [0.25, 0.3) is 0 Å². The lowest BCUT2D eigenvalue weighted by molar-refractivity contribution is 0.942. The van der Waals surface area contributed by atoms with E-state index >= 15 is 0 Å². The number of nitrogens with one attached hydrogen (secondary N) is 1. The highest BCUT2D eigenvalue weighted by Gasteiger charge is 2.02. The molecule has 0 unspecified atom stereocenters. The number of hydrogen-bond acceptors (Lipinski definition) is 4. The van der Waals surface area contributed by atoms with Crippen LogP contribution in [0, 0.1) is 0 Å². The molecule has 0 bridgehead atoms. The molecule has 3 rings (SSSR count). The lowest BCUT2D eigenvalue weighted by atomic mass is 10.3. The van der Waals surface area contributed by atoms with E-state index in [0.717, 1.165) is 17.9 Å². The lowest BCUT2D eigenvalue weighted by Crippen LogP contribution is -2.02. The van der Waals surface area contributed by atoms with Crippen molar-refractivity contribution in [2.24, 2.45) is 0 Å². The van der Waals surface area contributed by atoms with Gasteiger partial charge < -0.3 is 5.32 Å². The maximum Gasteiger partial charge on any atom is 0.152 e. The van der Waals surface area contributed by atoms with Crippen LogP contribution in [0.2, 0.25) is 0 Å². The molecule has 5 heteroatoms. The minimum Gasteiger partial charge on any atom is -0.364 e. The second kappa shape index (κ2) is 3.94. The van der Waals surface area contributed by atoms with Gasteiger partial charge in [-0.25, -0.2) is 9.50 Å². The summed E-state index contributed by atoms with van der Waals surface area (Å²) >= 11 is 1.70. The van der Waals surface area contributed by atoms with E-state index in [9.17, 15) is 0 Å². The molecule has 0 saturated carbocycles. The Morgan fingerprint density at radius 3 is 3.19 bits per heavy atom. The van der Waals surface area contributed by atoms with Crippen molar-refractivity contribution in [1.82, 2.24) is 14.6 Å². The molecular formula is C11H10N4S. The molecular weight excluding hydrogens is 220 g/mol. The van der Waals surface area contributed by atoms with E-state index in [1.165, 1.54) is 5.56 Å². The number of aromatic nitrogens is 3. The van der Waals surface area contributed by atoms with Crippen LogP contribution in [0.15, 0.2) is 41.5 Å². The average molecular weight is 230 g/mol. The van der Waals surface area contributed by atoms with Crippen molar-refractivity contribution in [3.05, 3.63) is 47.0 Å². The first-order valence-electron chi connectivity index (χ1n) is 4.97. The van der Waals surface area contributed by atoms with Crippen LogP contribution in [0.25, 0.3) is 5.52 Å². The van der Waals surface area contributed by atoms with Crippen LogP contribution in [0.1, 0.15) is 5.56 Å². The third-order valence-corrected chi connectivity index (χ3v) is 3.10. The average Bonchev–Trinajstić information content (AvgIpc) is 2.97. The zero-order chi connectivity index (χ0) is 10.8. The Balaban J connectivity index is 1.86. The van der Waals surface area contributed by atoms with Crippen molar-refractivity contribution in [2.75, 3.05) is 5.32 Å². The van der Waals surface area contributed by atoms with E-state index in [1.807, 2.05) is 16.8 Å². The van der Waals surface area contributed by atoms with Gasteiger partial charge in [-0.2, -0.15) is 16.4 Å². The minimum absolute atomic E-state index is 0.793. The second-order valence-corrected chi connectivity index (χ2v) is 4.20. The first-order valence-corrected chi connectivity index (χ1v) is 5.91. The zero-order valence-corrected chi connectivity index (χ0v) is 9.31. The van der Waals surface area contributed by atoms with Gasteiger partial charge in [0, 0.05) is 18.9 Å². The quantitative estimate of drug-likeness (QED) is 0.751. The normalized spacial score (nSPS) is 10.8. The number of thiophene rings is 1. The van der Waals surface area contributed by atoms with Crippen LogP contribution >= 0.6 is 11.3 Å². The molecule has 3 aromatic rings. The van der Waals surface area contributed by atoms with Gasteiger partial charge in [-0.05, 0) is 28.5 Å². The van der Waals surface area contributed by atoms with Crippen LogP contribution in [0.3, 0.4) is 0 Å². The molecule has 0 aliphatic rings. The molecule has 0 aliphatic carbocycles. The topological polar surface area (TPSA) is 42.2 Å². The SMILES string of the molecule is c1cn2nccc2c(NCc2ccsc2)n1. The Hall–Kier alpha value is -1.88. The summed E-state index contributed by atoms with van der Waals surface area (Å²) < 4.78 is 1.81. The molecule has 16 heavy (non-hydrogen) atoms. The molecule has 3 heterocycles. The first kappa shape index (κ1) is 9.35. The highest BCUT2D eigenvalue weighted by atomic mass is 32.1. The fourth-order valence-electron chi connectivity index (χ4n) is 1.57. The number of anilines is 1. The highest BCUT2D eigenvalue weighted by molar-refractivity contribution is 7.07. The van der Waals surface area contributed by atoms with Crippen LogP contribution in [-0.2, 0) is 6.54 Å². The van der Waals surface area contributed by atoms with Crippen LogP contribution in [0.5, 0.6) is 0 Å². The second-order valence-electron chi connectivity index (χ2n) is 3.42. The molecule has 0 aromatic carbocycles. The summed E-state index contributed by atoms with van der Waals surface area (Å²) in [6.45, 7) is 0.793. The minimum atomic E-state index is 0.793. The fraction of sp³-hybridized carbons (Fsp3) is 0.0909. The lowest BCUT2D eigenvalue weighted by Gasteiger charge is -2.05. The van der Waals surface area contributed by atoms with Gasteiger partial charge in [-0.15, -0.1) is 0 Å². The Labute approximate surface area is 96.6 Å². The predicted octanol–water partition coefficient (Wildman–Crippen LogP) is 2.40. The molecule has 3 aromatic heterocycles. The molecule has 80 valence electrons. The van der Waals surface area contributed by atoms with E-state index in [-0.39, 0.29) is 0 Å². The summed E-state index contributed by atoms with van der Waals surface area (Å²) in [7, 11) is 0. The summed E-state index contributed by atoms with van der Waals surface area (Å²) in [5.74, 6) is 0.867. The monoisotopic (exact) mass is 230 g/mol. The van der Waals surface area contributed by atoms with Gasteiger partial charge in [-0.3, -0.25) is 0 Å². The van der Waals surface area contributed by atoms with E-state index in [0.29, 0.717) is 0 Å². The predicted molar refractivity (Wildman–Crippen MR) is 64.6 cm³/mol. The largest absolute Gasteiger partial charge is 0.364 e. The number of fused-ring (bicyclic) bond motifs is 1. The summed E-state index contributed by atoms with van der Waals surface area (Å²) in [5, 5.41) is 11.7. The zero-order valence-electron chi connectivity index (χ0n) is 8.50. The van der Waals surface area contributed by atoms with Gasteiger partial charge in [0.15, 0.2) is 5.82 Å². The molecule has 0 atom stereocenters. The van der Waals surface area contributed by atoms with E-state index in [4.69, 9.17) is 0 Å². The third-order valence-electron chi connectivity index (χ3n) is 2.36. The molecule has 0 saturated heterocycles. The van der Waals surface area contributed by atoms with Gasteiger partial charge in [0.2, 0.25) is 0 Å². The summed E-state index contributed by atoms with van der Waals surface area (Å²) in [5.41, 5.74) is 2.27. The molecule has 0 radical (unpaired) electrons. The van der Waals surface area contributed by atoms with Crippen molar-refractivity contribution in [1.29, 1.82) is 0 Å². The first-order chi connectivity index (χ1) is 7.93. The van der Waals surface area contributed by atoms with Gasteiger partial charge in [0.1, 0.15) is 5.52 Å².